The molecule has 1 aliphatic rings. The zero-order valence-corrected chi connectivity index (χ0v) is 7.53. The average molecular weight is 180 g/mol. The summed E-state index contributed by atoms with van der Waals surface area (Å²) < 4.78 is 1.56. The van der Waals surface area contributed by atoms with E-state index < -0.39 is 0 Å². The van der Waals surface area contributed by atoms with Crippen molar-refractivity contribution >= 4 is 11.7 Å². The molecule has 0 aromatic carbocycles. The molecule has 0 unspecified atom stereocenters. The van der Waals surface area contributed by atoms with Crippen molar-refractivity contribution in [3.8, 4) is 0 Å². The van der Waals surface area contributed by atoms with Crippen LogP contribution in [0.4, 0.5) is 5.82 Å². The van der Waals surface area contributed by atoms with Crippen molar-refractivity contribution in [3.63, 3.8) is 0 Å². The van der Waals surface area contributed by atoms with Gasteiger partial charge in [-0.25, -0.2) is 0 Å². The Hall–Kier alpha value is -1.39. The molecule has 0 radical (unpaired) electrons. The van der Waals surface area contributed by atoms with Gasteiger partial charge in [0.2, 0.25) is 5.91 Å². The molecule has 70 valence electrons. The second kappa shape index (κ2) is 3.16. The van der Waals surface area contributed by atoms with E-state index in [1.807, 2.05) is 0 Å². The lowest BCUT2D eigenvalue weighted by Gasteiger charge is -1.97. The van der Waals surface area contributed by atoms with Gasteiger partial charge in [-0.3, -0.25) is 9.48 Å². The lowest BCUT2D eigenvalue weighted by atomic mass is 10.3. The molecular formula is C8H12N4O. The predicted octanol–water partition coefficient (Wildman–Crippen LogP) is 0.554. The van der Waals surface area contributed by atoms with Crippen molar-refractivity contribution in [2.24, 2.45) is 13.0 Å². The molecule has 13 heavy (non-hydrogen) atoms. The molecule has 1 fully saturated rings. The van der Waals surface area contributed by atoms with Gasteiger partial charge < -0.3 is 5.32 Å². The van der Waals surface area contributed by atoms with Gasteiger partial charge in [0.05, 0.1) is 6.20 Å². The van der Waals surface area contributed by atoms with Gasteiger partial charge in [0.25, 0.3) is 0 Å². The first-order chi connectivity index (χ1) is 6.24. The van der Waals surface area contributed by atoms with Gasteiger partial charge in [-0.1, -0.05) is 5.21 Å². The van der Waals surface area contributed by atoms with Crippen molar-refractivity contribution in [3.05, 3.63) is 6.20 Å². The van der Waals surface area contributed by atoms with Crippen LogP contribution in [0.5, 0.6) is 0 Å². The molecular weight excluding hydrogens is 168 g/mol. The quantitative estimate of drug-likeness (QED) is 0.739. The number of rotatable bonds is 3. The molecule has 5 heteroatoms. The molecule has 2 rings (SSSR count). The Morgan fingerprint density at radius 2 is 2.54 bits per heavy atom. The van der Waals surface area contributed by atoms with E-state index in [1.54, 1.807) is 17.9 Å². The van der Waals surface area contributed by atoms with Crippen LogP contribution in [-0.4, -0.2) is 20.9 Å². The first-order valence-electron chi connectivity index (χ1n) is 4.40. The third-order valence-electron chi connectivity index (χ3n) is 2.04. The summed E-state index contributed by atoms with van der Waals surface area (Å²) in [5.41, 5.74) is 0. The molecule has 0 spiro atoms. The standard InChI is InChI=1S/C8H12N4O/c1-12-5-7(10-11-12)9-8(13)4-6-2-3-6/h5-6H,2-4H2,1H3,(H,9,13). The second-order valence-corrected chi connectivity index (χ2v) is 3.47. The Balaban J connectivity index is 1.85. The minimum atomic E-state index is 0.0444. The van der Waals surface area contributed by atoms with Crippen LogP contribution in [-0.2, 0) is 11.8 Å². The molecule has 1 N–H and O–H groups in total. The number of nitrogens with zero attached hydrogens (tertiary/aromatic N) is 3. The van der Waals surface area contributed by atoms with Crippen molar-refractivity contribution in [1.29, 1.82) is 0 Å². The third-order valence-corrected chi connectivity index (χ3v) is 2.04. The van der Waals surface area contributed by atoms with Crippen LogP contribution >= 0.6 is 0 Å². The number of aromatic nitrogens is 3. The van der Waals surface area contributed by atoms with E-state index in [-0.39, 0.29) is 5.91 Å². The maximum atomic E-state index is 11.3. The monoisotopic (exact) mass is 180 g/mol. The van der Waals surface area contributed by atoms with Crippen molar-refractivity contribution < 1.29 is 4.79 Å². The summed E-state index contributed by atoms with van der Waals surface area (Å²) in [4.78, 5) is 11.3. The fourth-order valence-electron chi connectivity index (χ4n) is 1.18. The number of hydrogen-bond acceptors (Lipinski definition) is 3. The number of carbonyl (C=O) groups excluding carboxylic acids is 1. The summed E-state index contributed by atoms with van der Waals surface area (Å²) in [6, 6.07) is 0. The number of carbonyl (C=O) groups is 1. The number of hydrogen-bond donors (Lipinski definition) is 1. The smallest absolute Gasteiger partial charge is 0.225 e. The summed E-state index contributed by atoms with van der Waals surface area (Å²) in [5.74, 6) is 1.19. The molecule has 1 saturated carbocycles. The SMILES string of the molecule is Cn1cc(NC(=O)CC2CC2)nn1. The highest BCUT2D eigenvalue weighted by Crippen LogP contribution is 2.32. The Labute approximate surface area is 76.1 Å². The number of anilines is 1. The van der Waals surface area contributed by atoms with Crippen molar-refractivity contribution in [2.75, 3.05) is 5.32 Å². The van der Waals surface area contributed by atoms with Gasteiger partial charge in [-0.15, -0.1) is 5.10 Å². The third kappa shape index (κ3) is 2.27. The van der Waals surface area contributed by atoms with Crippen LogP contribution in [0, 0.1) is 5.92 Å². The van der Waals surface area contributed by atoms with Gasteiger partial charge in [0.1, 0.15) is 0 Å². The fraction of sp³-hybridized carbons (Fsp3) is 0.625. The first-order valence-corrected chi connectivity index (χ1v) is 4.40. The molecule has 0 aliphatic heterocycles. The predicted molar refractivity (Wildman–Crippen MR) is 47.0 cm³/mol. The lowest BCUT2D eigenvalue weighted by molar-refractivity contribution is -0.116. The summed E-state index contributed by atoms with van der Waals surface area (Å²) in [6.07, 6.45) is 4.68. The lowest BCUT2D eigenvalue weighted by Crippen LogP contribution is -2.12. The molecule has 0 atom stereocenters. The number of aryl methyl sites for hydroxylation is 1. The van der Waals surface area contributed by atoms with Crippen LogP contribution in [0.15, 0.2) is 6.20 Å². The summed E-state index contributed by atoms with van der Waals surface area (Å²) >= 11 is 0. The van der Waals surface area contributed by atoms with Gasteiger partial charge >= 0.3 is 0 Å². The molecule has 1 aromatic heterocycles. The maximum absolute atomic E-state index is 11.3. The summed E-state index contributed by atoms with van der Waals surface area (Å²) in [6.45, 7) is 0. The maximum Gasteiger partial charge on any atom is 0.225 e. The first kappa shape index (κ1) is 8.22. The van der Waals surface area contributed by atoms with Gasteiger partial charge in [0, 0.05) is 13.5 Å². The van der Waals surface area contributed by atoms with E-state index in [0.717, 1.165) is 0 Å². The molecule has 0 bridgehead atoms. The van der Waals surface area contributed by atoms with E-state index in [1.165, 1.54) is 12.8 Å². The zero-order valence-electron chi connectivity index (χ0n) is 7.53. The minimum Gasteiger partial charge on any atom is -0.308 e. The van der Waals surface area contributed by atoms with E-state index >= 15 is 0 Å². The Kier molecular flexibility index (Phi) is 2.00. The van der Waals surface area contributed by atoms with Crippen molar-refractivity contribution in [1.82, 2.24) is 15.0 Å². The fourth-order valence-corrected chi connectivity index (χ4v) is 1.18. The van der Waals surface area contributed by atoms with Crippen LogP contribution in [0.2, 0.25) is 0 Å². The highest BCUT2D eigenvalue weighted by atomic mass is 16.1. The van der Waals surface area contributed by atoms with E-state index in [0.29, 0.717) is 18.2 Å². The van der Waals surface area contributed by atoms with Gasteiger partial charge in [0.15, 0.2) is 5.82 Å². The summed E-state index contributed by atoms with van der Waals surface area (Å²) in [5, 5.41) is 10.2. The Morgan fingerprint density at radius 3 is 3.08 bits per heavy atom. The van der Waals surface area contributed by atoms with Gasteiger partial charge in [-0.05, 0) is 18.8 Å². The highest BCUT2D eigenvalue weighted by Gasteiger charge is 2.24. The normalized spacial score (nSPS) is 15.8. The highest BCUT2D eigenvalue weighted by molar-refractivity contribution is 5.89. The average Bonchev–Trinajstić information content (AvgIpc) is 2.76. The van der Waals surface area contributed by atoms with Crippen molar-refractivity contribution in [2.45, 2.75) is 19.3 Å². The van der Waals surface area contributed by atoms with E-state index in [4.69, 9.17) is 0 Å². The van der Waals surface area contributed by atoms with Crippen LogP contribution in [0.1, 0.15) is 19.3 Å². The van der Waals surface area contributed by atoms with E-state index in [2.05, 4.69) is 15.6 Å². The topological polar surface area (TPSA) is 59.8 Å². The molecule has 1 aromatic rings. The van der Waals surface area contributed by atoms with Crippen LogP contribution < -0.4 is 5.32 Å². The van der Waals surface area contributed by atoms with Crippen LogP contribution in [0.3, 0.4) is 0 Å². The van der Waals surface area contributed by atoms with Crippen LogP contribution in [0.25, 0.3) is 0 Å². The Morgan fingerprint density at radius 1 is 1.77 bits per heavy atom. The van der Waals surface area contributed by atoms with E-state index in [9.17, 15) is 4.79 Å². The molecule has 1 aliphatic carbocycles. The molecule has 0 saturated heterocycles. The summed E-state index contributed by atoms with van der Waals surface area (Å²) in [7, 11) is 1.77. The number of amides is 1. The molecule has 1 heterocycles. The molecule has 5 nitrogen and oxygen atoms in total. The molecule has 1 amide bonds. The van der Waals surface area contributed by atoms with Gasteiger partial charge in [-0.2, -0.15) is 0 Å². The Bertz CT molecular complexity index is 316. The number of nitrogens with one attached hydrogen (secondary N) is 1. The largest absolute Gasteiger partial charge is 0.308 e. The zero-order chi connectivity index (χ0) is 9.26. The minimum absolute atomic E-state index is 0.0444. The second-order valence-electron chi connectivity index (χ2n) is 3.47.